The van der Waals surface area contributed by atoms with Crippen LogP contribution in [-0.4, -0.2) is 41.0 Å². The summed E-state index contributed by atoms with van der Waals surface area (Å²) < 4.78 is 4.91. The molecular formula is C11H13N3O3. The first-order valence-electron chi connectivity index (χ1n) is 5.21. The van der Waals surface area contributed by atoms with Crippen molar-refractivity contribution in [1.29, 1.82) is 0 Å². The van der Waals surface area contributed by atoms with Crippen molar-refractivity contribution in [2.24, 2.45) is 0 Å². The van der Waals surface area contributed by atoms with E-state index in [4.69, 9.17) is 9.84 Å². The molecule has 1 amide bonds. The Kier molecular flexibility index (Phi) is 3.69. The molecule has 0 saturated carbocycles. The molecule has 0 aliphatic carbocycles. The predicted molar refractivity (Wildman–Crippen MR) is 62.6 cm³/mol. The lowest BCUT2D eigenvalue weighted by molar-refractivity contribution is -0.120. The van der Waals surface area contributed by atoms with Gasteiger partial charge >= 0.3 is 0 Å². The summed E-state index contributed by atoms with van der Waals surface area (Å²) in [4.78, 5) is 11.4. The maximum Gasteiger partial charge on any atom is 0.250 e. The SMILES string of the molecule is O=C(COCCO)Nc1ccc2cn[nH]c2c1. The molecular weight excluding hydrogens is 222 g/mol. The van der Waals surface area contributed by atoms with Gasteiger partial charge in [0.05, 0.1) is 24.9 Å². The number of benzene rings is 1. The number of aliphatic hydroxyl groups excluding tert-OH is 1. The summed E-state index contributed by atoms with van der Waals surface area (Å²) in [5.74, 6) is -0.252. The maximum atomic E-state index is 11.4. The number of nitrogens with zero attached hydrogens (tertiary/aromatic N) is 1. The Morgan fingerprint density at radius 2 is 2.41 bits per heavy atom. The van der Waals surface area contributed by atoms with E-state index in [-0.39, 0.29) is 25.7 Å². The third-order valence-electron chi connectivity index (χ3n) is 2.19. The van der Waals surface area contributed by atoms with E-state index in [0.717, 1.165) is 10.9 Å². The van der Waals surface area contributed by atoms with E-state index in [1.54, 1.807) is 18.3 Å². The number of carbonyl (C=O) groups excluding carboxylic acids is 1. The molecule has 0 aliphatic heterocycles. The topological polar surface area (TPSA) is 87.2 Å². The first-order valence-corrected chi connectivity index (χ1v) is 5.21. The molecule has 0 bridgehead atoms. The van der Waals surface area contributed by atoms with Crippen LogP contribution in [-0.2, 0) is 9.53 Å². The molecule has 1 aromatic carbocycles. The quantitative estimate of drug-likeness (QED) is 0.659. The van der Waals surface area contributed by atoms with Crippen LogP contribution in [0.4, 0.5) is 5.69 Å². The van der Waals surface area contributed by atoms with Crippen molar-refractivity contribution in [3.8, 4) is 0 Å². The van der Waals surface area contributed by atoms with Gasteiger partial charge < -0.3 is 15.2 Å². The minimum absolute atomic E-state index is 0.0679. The van der Waals surface area contributed by atoms with Crippen molar-refractivity contribution >= 4 is 22.5 Å². The molecule has 0 saturated heterocycles. The Balaban J connectivity index is 1.95. The summed E-state index contributed by atoms with van der Waals surface area (Å²) in [6.07, 6.45) is 1.71. The Bertz CT molecular complexity index is 509. The van der Waals surface area contributed by atoms with Gasteiger partial charge in [0.2, 0.25) is 5.91 Å². The Morgan fingerprint density at radius 1 is 1.53 bits per heavy atom. The number of carbonyl (C=O) groups is 1. The van der Waals surface area contributed by atoms with Crippen LogP contribution in [0.1, 0.15) is 0 Å². The fourth-order valence-electron chi connectivity index (χ4n) is 1.44. The molecule has 6 nitrogen and oxygen atoms in total. The second-order valence-electron chi connectivity index (χ2n) is 3.50. The van der Waals surface area contributed by atoms with Crippen molar-refractivity contribution < 1.29 is 14.6 Å². The fourth-order valence-corrected chi connectivity index (χ4v) is 1.44. The largest absolute Gasteiger partial charge is 0.394 e. The van der Waals surface area contributed by atoms with Crippen LogP contribution < -0.4 is 5.32 Å². The molecule has 0 atom stereocenters. The molecule has 2 rings (SSSR count). The second kappa shape index (κ2) is 5.42. The highest BCUT2D eigenvalue weighted by atomic mass is 16.5. The summed E-state index contributed by atoms with van der Waals surface area (Å²) in [7, 11) is 0. The number of aromatic nitrogens is 2. The van der Waals surface area contributed by atoms with E-state index >= 15 is 0 Å². The second-order valence-corrected chi connectivity index (χ2v) is 3.50. The van der Waals surface area contributed by atoms with Gasteiger partial charge in [-0.05, 0) is 18.2 Å². The summed E-state index contributed by atoms with van der Waals surface area (Å²) in [5, 5.41) is 18.9. The van der Waals surface area contributed by atoms with Crippen molar-refractivity contribution in [1.82, 2.24) is 10.2 Å². The normalized spacial score (nSPS) is 10.6. The van der Waals surface area contributed by atoms with Gasteiger partial charge in [-0.1, -0.05) is 0 Å². The smallest absolute Gasteiger partial charge is 0.250 e. The van der Waals surface area contributed by atoms with E-state index in [0.29, 0.717) is 5.69 Å². The number of aromatic amines is 1. The van der Waals surface area contributed by atoms with Gasteiger partial charge in [-0.15, -0.1) is 0 Å². The number of ether oxygens (including phenoxy) is 1. The van der Waals surface area contributed by atoms with Gasteiger partial charge in [0.15, 0.2) is 0 Å². The highest BCUT2D eigenvalue weighted by Crippen LogP contribution is 2.16. The number of hydrogen-bond acceptors (Lipinski definition) is 4. The van der Waals surface area contributed by atoms with Gasteiger partial charge in [-0.25, -0.2) is 0 Å². The van der Waals surface area contributed by atoms with Crippen LogP contribution in [0.2, 0.25) is 0 Å². The zero-order valence-electron chi connectivity index (χ0n) is 9.14. The van der Waals surface area contributed by atoms with E-state index in [1.165, 1.54) is 0 Å². The van der Waals surface area contributed by atoms with Gasteiger partial charge in [0.25, 0.3) is 0 Å². The lowest BCUT2D eigenvalue weighted by Gasteiger charge is -2.05. The van der Waals surface area contributed by atoms with Gasteiger partial charge in [0, 0.05) is 11.1 Å². The molecule has 90 valence electrons. The first-order chi connectivity index (χ1) is 8.29. The number of rotatable bonds is 5. The number of hydrogen-bond donors (Lipinski definition) is 3. The van der Waals surface area contributed by atoms with Gasteiger partial charge in [-0.3, -0.25) is 9.89 Å². The number of H-pyrrole nitrogens is 1. The molecule has 0 spiro atoms. The van der Waals surface area contributed by atoms with Crippen molar-refractivity contribution in [3.05, 3.63) is 24.4 Å². The molecule has 0 fully saturated rings. The average molecular weight is 235 g/mol. The standard InChI is InChI=1S/C11H13N3O3/c15-3-4-17-7-11(16)13-9-2-1-8-6-12-14-10(8)5-9/h1-2,5-6,15H,3-4,7H2,(H,12,14)(H,13,16). The number of aliphatic hydroxyl groups is 1. The molecule has 3 N–H and O–H groups in total. The Hall–Kier alpha value is -1.92. The number of anilines is 1. The number of amides is 1. The minimum Gasteiger partial charge on any atom is -0.394 e. The average Bonchev–Trinajstić information content (AvgIpc) is 2.76. The predicted octanol–water partition coefficient (Wildman–Crippen LogP) is 0.510. The zero-order valence-corrected chi connectivity index (χ0v) is 9.14. The van der Waals surface area contributed by atoms with Crippen LogP contribution in [0.15, 0.2) is 24.4 Å². The molecule has 2 aromatic rings. The van der Waals surface area contributed by atoms with E-state index in [9.17, 15) is 4.79 Å². The van der Waals surface area contributed by atoms with Crippen LogP contribution in [0.3, 0.4) is 0 Å². The van der Waals surface area contributed by atoms with Crippen LogP contribution in [0, 0.1) is 0 Å². The highest BCUT2D eigenvalue weighted by molar-refractivity contribution is 5.94. The Morgan fingerprint density at radius 3 is 3.24 bits per heavy atom. The van der Waals surface area contributed by atoms with E-state index in [2.05, 4.69) is 15.5 Å². The number of nitrogens with one attached hydrogen (secondary N) is 2. The summed E-state index contributed by atoms with van der Waals surface area (Å²) in [6, 6.07) is 5.46. The van der Waals surface area contributed by atoms with Gasteiger partial charge in [-0.2, -0.15) is 5.10 Å². The fraction of sp³-hybridized carbons (Fsp3) is 0.273. The molecule has 0 radical (unpaired) electrons. The lowest BCUT2D eigenvalue weighted by atomic mass is 10.2. The lowest BCUT2D eigenvalue weighted by Crippen LogP contribution is -2.19. The van der Waals surface area contributed by atoms with E-state index < -0.39 is 0 Å². The summed E-state index contributed by atoms with van der Waals surface area (Å²) in [5.41, 5.74) is 1.54. The summed E-state index contributed by atoms with van der Waals surface area (Å²) >= 11 is 0. The molecule has 6 heteroatoms. The van der Waals surface area contributed by atoms with E-state index in [1.807, 2.05) is 6.07 Å². The summed E-state index contributed by atoms with van der Waals surface area (Å²) in [6.45, 7) is 0.00195. The Labute approximate surface area is 97.6 Å². The van der Waals surface area contributed by atoms with Gasteiger partial charge in [0.1, 0.15) is 6.61 Å². The third-order valence-corrected chi connectivity index (χ3v) is 2.19. The molecule has 0 unspecified atom stereocenters. The van der Waals surface area contributed by atoms with Crippen molar-refractivity contribution in [2.75, 3.05) is 25.1 Å². The van der Waals surface area contributed by atoms with Crippen LogP contribution in [0.5, 0.6) is 0 Å². The molecule has 17 heavy (non-hydrogen) atoms. The van der Waals surface area contributed by atoms with Crippen molar-refractivity contribution in [2.45, 2.75) is 0 Å². The minimum atomic E-state index is -0.252. The van der Waals surface area contributed by atoms with Crippen LogP contribution >= 0.6 is 0 Å². The molecule has 0 aliphatic rings. The maximum absolute atomic E-state index is 11.4. The molecule has 1 aromatic heterocycles. The third kappa shape index (κ3) is 3.02. The van der Waals surface area contributed by atoms with Crippen molar-refractivity contribution in [3.63, 3.8) is 0 Å². The van der Waals surface area contributed by atoms with Crippen LogP contribution in [0.25, 0.3) is 10.9 Å². The number of fused-ring (bicyclic) bond motifs is 1. The highest BCUT2D eigenvalue weighted by Gasteiger charge is 2.03. The first kappa shape index (κ1) is 11.6. The monoisotopic (exact) mass is 235 g/mol. The zero-order chi connectivity index (χ0) is 12.1. The molecule has 1 heterocycles.